The zero-order valence-electron chi connectivity index (χ0n) is 14.4. The molecular weight excluding hydrogens is 356 g/mol. The zero-order valence-corrected chi connectivity index (χ0v) is 16.0. The highest BCUT2D eigenvalue weighted by Gasteiger charge is 2.30. The average molecular weight is 380 g/mol. The largest absolute Gasteiger partial charge is 0.366 e. The molecule has 2 aliphatic rings. The third-order valence-electron chi connectivity index (χ3n) is 4.93. The number of rotatable bonds is 6. The van der Waals surface area contributed by atoms with Gasteiger partial charge in [0, 0.05) is 29.3 Å². The SMILES string of the molecule is Cn1c(SC[C@@H]2C[NH+](Cc3ccccc3Cl)CCO2)nnc1C1CC1. The van der Waals surface area contributed by atoms with Crippen LogP contribution in [0.2, 0.25) is 5.02 Å². The molecule has 4 rings (SSSR count). The molecule has 0 radical (unpaired) electrons. The van der Waals surface area contributed by atoms with E-state index in [1.54, 1.807) is 11.8 Å². The number of aromatic nitrogens is 3. The number of hydrogen-bond donors (Lipinski definition) is 1. The van der Waals surface area contributed by atoms with Crippen LogP contribution in [0.1, 0.15) is 30.1 Å². The highest BCUT2D eigenvalue weighted by Crippen LogP contribution is 2.39. The van der Waals surface area contributed by atoms with Crippen molar-refractivity contribution in [3.05, 3.63) is 40.7 Å². The first-order valence-electron chi connectivity index (χ1n) is 8.91. The third-order valence-corrected chi connectivity index (χ3v) is 6.45. The molecule has 0 spiro atoms. The Morgan fingerprint density at radius 1 is 1.32 bits per heavy atom. The molecule has 0 amide bonds. The molecule has 2 atom stereocenters. The fraction of sp³-hybridized carbons (Fsp3) is 0.556. The summed E-state index contributed by atoms with van der Waals surface area (Å²) in [5, 5.41) is 10.6. The number of nitrogens with zero attached hydrogens (tertiary/aromatic N) is 3. The molecule has 1 aliphatic heterocycles. The molecule has 1 aromatic carbocycles. The van der Waals surface area contributed by atoms with Crippen LogP contribution in [0.5, 0.6) is 0 Å². The monoisotopic (exact) mass is 379 g/mol. The van der Waals surface area contributed by atoms with Crippen molar-refractivity contribution in [2.24, 2.45) is 7.05 Å². The van der Waals surface area contributed by atoms with Gasteiger partial charge in [0.15, 0.2) is 5.16 Å². The van der Waals surface area contributed by atoms with Gasteiger partial charge in [-0.15, -0.1) is 10.2 Å². The lowest BCUT2D eigenvalue weighted by molar-refractivity contribution is -0.924. The van der Waals surface area contributed by atoms with Gasteiger partial charge in [0.1, 0.15) is 31.6 Å². The summed E-state index contributed by atoms with van der Waals surface area (Å²) < 4.78 is 8.12. The lowest BCUT2D eigenvalue weighted by atomic mass is 10.2. The van der Waals surface area contributed by atoms with Crippen molar-refractivity contribution >= 4 is 23.4 Å². The average Bonchev–Trinajstić information content (AvgIpc) is 3.39. The lowest BCUT2D eigenvalue weighted by Crippen LogP contribution is -3.13. The van der Waals surface area contributed by atoms with Gasteiger partial charge < -0.3 is 14.2 Å². The Hall–Kier alpha value is -1.08. The van der Waals surface area contributed by atoms with Crippen molar-refractivity contribution in [3.63, 3.8) is 0 Å². The van der Waals surface area contributed by atoms with Crippen LogP contribution in [-0.2, 0) is 18.3 Å². The lowest BCUT2D eigenvalue weighted by Gasteiger charge is -2.30. The summed E-state index contributed by atoms with van der Waals surface area (Å²) in [5.41, 5.74) is 1.22. The van der Waals surface area contributed by atoms with Gasteiger partial charge in [0.05, 0.1) is 6.61 Å². The van der Waals surface area contributed by atoms with E-state index < -0.39 is 0 Å². The molecule has 1 N–H and O–H groups in total. The fourth-order valence-electron chi connectivity index (χ4n) is 3.35. The molecule has 2 fully saturated rings. The van der Waals surface area contributed by atoms with Crippen LogP contribution in [0.15, 0.2) is 29.4 Å². The maximum Gasteiger partial charge on any atom is 0.191 e. The smallest absolute Gasteiger partial charge is 0.191 e. The van der Waals surface area contributed by atoms with Crippen LogP contribution in [0.25, 0.3) is 0 Å². The molecule has 134 valence electrons. The molecule has 2 heterocycles. The van der Waals surface area contributed by atoms with Crippen LogP contribution in [0, 0.1) is 0 Å². The summed E-state index contributed by atoms with van der Waals surface area (Å²) in [6.07, 6.45) is 2.75. The zero-order chi connectivity index (χ0) is 17.2. The number of nitrogens with one attached hydrogen (secondary N) is 1. The van der Waals surface area contributed by atoms with Gasteiger partial charge in [-0.3, -0.25) is 0 Å². The normalized spacial score (nSPS) is 23.8. The van der Waals surface area contributed by atoms with E-state index in [0.29, 0.717) is 5.92 Å². The number of quaternary nitrogens is 1. The maximum atomic E-state index is 6.30. The fourth-order valence-corrected chi connectivity index (χ4v) is 4.49. The second-order valence-corrected chi connectivity index (χ2v) is 8.34. The van der Waals surface area contributed by atoms with Gasteiger partial charge in [0.2, 0.25) is 0 Å². The molecular formula is C18H24ClN4OS+. The molecule has 2 aromatic rings. The van der Waals surface area contributed by atoms with Gasteiger partial charge in [0.25, 0.3) is 0 Å². The van der Waals surface area contributed by atoms with Crippen molar-refractivity contribution in [2.75, 3.05) is 25.4 Å². The van der Waals surface area contributed by atoms with Crippen molar-refractivity contribution in [1.29, 1.82) is 0 Å². The summed E-state index contributed by atoms with van der Waals surface area (Å²) in [5.74, 6) is 2.69. The van der Waals surface area contributed by atoms with Crippen molar-refractivity contribution in [2.45, 2.75) is 36.6 Å². The van der Waals surface area contributed by atoms with Gasteiger partial charge in [-0.1, -0.05) is 41.6 Å². The summed E-state index contributed by atoms with van der Waals surface area (Å²) in [6, 6.07) is 8.12. The molecule has 1 aromatic heterocycles. The molecule has 1 saturated carbocycles. The second kappa shape index (κ2) is 7.66. The van der Waals surface area contributed by atoms with Crippen LogP contribution >= 0.6 is 23.4 Å². The predicted octanol–water partition coefficient (Wildman–Crippen LogP) is 1.92. The Bertz CT molecular complexity index is 734. The second-order valence-electron chi connectivity index (χ2n) is 6.95. The first-order chi connectivity index (χ1) is 12.2. The molecule has 1 saturated heterocycles. The number of morpholine rings is 1. The molecule has 0 bridgehead atoms. The Balaban J connectivity index is 1.31. The van der Waals surface area contributed by atoms with E-state index in [1.807, 2.05) is 12.1 Å². The first kappa shape index (κ1) is 17.3. The molecule has 25 heavy (non-hydrogen) atoms. The summed E-state index contributed by atoms with van der Waals surface area (Å²) in [7, 11) is 2.08. The van der Waals surface area contributed by atoms with Crippen LogP contribution in [0.4, 0.5) is 0 Å². The summed E-state index contributed by atoms with van der Waals surface area (Å²) in [6.45, 7) is 3.80. The van der Waals surface area contributed by atoms with E-state index in [-0.39, 0.29) is 6.10 Å². The Kier molecular flexibility index (Phi) is 5.31. The number of thioether (sulfide) groups is 1. The van der Waals surface area contributed by atoms with Crippen LogP contribution < -0.4 is 4.90 Å². The van der Waals surface area contributed by atoms with Gasteiger partial charge in [-0.2, -0.15) is 0 Å². The van der Waals surface area contributed by atoms with E-state index in [4.69, 9.17) is 16.3 Å². The van der Waals surface area contributed by atoms with Crippen molar-refractivity contribution in [3.8, 4) is 0 Å². The number of hydrogen-bond acceptors (Lipinski definition) is 4. The highest BCUT2D eigenvalue weighted by molar-refractivity contribution is 7.99. The summed E-state index contributed by atoms with van der Waals surface area (Å²) >= 11 is 8.06. The molecule has 7 heteroatoms. The molecule has 5 nitrogen and oxygen atoms in total. The van der Waals surface area contributed by atoms with Gasteiger partial charge >= 0.3 is 0 Å². The molecule has 1 unspecified atom stereocenters. The van der Waals surface area contributed by atoms with E-state index in [9.17, 15) is 0 Å². The van der Waals surface area contributed by atoms with Crippen molar-refractivity contribution < 1.29 is 9.64 Å². The minimum Gasteiger partial charge on any atom is -0.366 e. The van der Waals surface area contributed by atoms with E-state index >= 15 is 0 Å². The van der Waals surface area contributed by atoms with Crippen molar-refractivity contribution in [1.82, 2.24) is 14.8 Å². The Labute approximate surface area is 157 Å². The van der Waals surface area contributed by atoms with Gasteiger partial charge in [-0.25, -0.2) is 0 Å². The van der Waals surface area contributed by atoms with E-state index in [0.717, 1.165) is 48.0 Å². The highest BCUT2D eigenvalue weighted by atomic mass is 35.5. The van der Waals surface area contributed by atoms with E-state index in [2.05, 4.69) is 33.9 Å². The van der Waals surface area contributed by atoms with Gasteiger partial charge in [-0.05, 0) is 18.9 Å². The Morgan fingerprint density at radius 2 is 2.16 bits per heavy atom. The van der Waals surface area contributed by atoms with Crippen LogP contribution in [0.3, 0.4) is 0 Å². The predicted molar refractivity (Wildman–Crippen MR) is 99.3 cm³/mol. The minimum atomic E-state index is 0.248. The quantitative estimate of drug-likeness (QED) is 0.779. The van der Waals surface area contributed by atoms with Crippen LogP contribution in [-0.4, -0.2) is 46.3 Å². The third kappa shape index (κ3) is 4.19. The topological polar surface area (TPSA) is 44.4 Å². The summed E-state index contributed by atoms with van der Waals surface area (Å²) in [4.78, 5) is 1.53. The number of halogens is 1. The standard InChI is InChI=1S/C18H23ClN4OS/c1-22-17(13-6-7-13)20-21-18(22)25-12-15-11-23(8-9-24-15)10-14-4-2-3-5-16(14)19/h2-5,13,15H,6-12H2,1H3/p+1/t15-/m0/s1. The number of benzene rings is 1. The van der Waals surface area contributed by atoms with E-state index in [1.165, 1.54) is 23.3 Å². The first-order valence-corrected chi connectivity index (χ1v) is 10.3. The molecule has 1 aliphatic carbocycles. The maximum absolute atomic E-state index is 6.30. The minimum absolute atomic E-state index is 0.248. The Morgan fingerprint density at radius 3 is 2.96 bits per heavy atom. The number of ether oxygens (including phenoxy) is 1.